The molecule has 0 saturated carbocycles. The van der Waals surface area contributed by atoms with E-state index in [9.17, 15) is 5.11 Å². The minimum Gasteiger partial charge on any atom is -0.508 e. The normalized spacial score (nSPS) is 26.0. The molecule has 0 bridgehead atoms. The van der Waals surface area contributed by atoms with E-state index in [-0.39, 0.29) is 12.2 Å². The average molecular weight is 337 g/mol. The van der Waals surface area contributed by atoms with Crippen LogP contribution < -0.4 is 0 Å². The van der Waals surface area contributed by atoms with Crippen LogP contribution in [0.25, 0.3) is 0 Å². The summed E-state index contributed by atoms with van der Waals surface area (Å²) >= 11 is 0. The second-order valence-corrected chi connectivity index (χ2v) is 7.35. The van der Waals surface area contributed by atoms with E-state index in [0.29, 0.717) is 11.8 Å². The standard InChI is InChI=1S/C22H27NO2/c1-2-12-23-15-19(13-16-6-4-3-5-7-16)25-22-20-14-18(24)10-8-17(20)9-11-21(22)23/h3-8,10,14,19,21-22,24H,2,9,11-13,15H2,1H3/t19?,21-,22-/m0/s1. The van der Waals surface area contributed by atoms with Gasteiger partial charge < -0.3 is 9.84 Å². The van der Waals surface area contributed by atoms with Crippen molar-refractivity contribution < 1.29 is 9.84 Å². The summed E-state index contributed by atoms with van der Waals surface area (Å²) in [5.41, 5.74) is 3.85. The molecule has 1 saturated heterocycles. The van der Waals surface area contributed by atoms with Gasteiger partial charge >= 0.3 is 0 Å². The smallest absolute Gasteiger partial charge is 0.115 e. The number of aromatic hydroxyl groups is 1. The molecular weight excluding hydrogens is 310 g/mol. The first-order valence-corrected chi connectivity index (χ1v) is 9.50. The van der Waals surface area contributed by atoms with Gasteiger partial charge in [-0.2, -0.15) is 0 Å². The van der Waals surface area contributed by atoms with Crippen molar-refractivity contribution in [1.29, 1.82) is 0 Å². The molecule has 2 aliphatic rings. The Labute approximate surface area is 150 Å². The highest BCUT2D eigenvalue weighted by Gasteiger charge is 2.40. The molecule has 0 spiro atoms. The molecule has 0 aromatic heterocycles. The maximum atomic E-state index is 9.98. The van der Waals surface area contributed by atoms with Crippen molar-refractivity contribution in [1.82, 2.24) is 4.90 Å². The molecule has 25 heavy (non-hydrogen) atoms. The molecule has 1 fully saturated rings. The lowest BCUT2D eigenvalue weighted by Crippen LogP contribution is -2.53. The van der Waals surface area contributed by atoms with Gasteiger partial charge in [0.2, 0.25) is 0 Å². The molecule has 132 valence electrons. The largest absolute Gasteiger partial charge is 0.508 e. The average Bonchev–Trinajstić information content (AvgIpc) is 2.63. The van der Waals surface area contributed by atoms with Crippen LogP contribution in [-0.2, 0) is 17.6 Å². The van der Waals surface area contributed by atoms with Crippen LogP contribution in [0.1, 0.15) is 42.6 Å². The van der Waals surface area contributed by atoms with Crippen molar-refractivity contribution in [2.24, 2.45) is 0 Å². The molecule has 1 N–H and O–H groups in total. The number of aryl methyl sites for hydroxylation is 1. The Kier molecular flexibility index (Phi) is 4.78. The van der Waals surface area contributed by atoms with Crippen LogP contribution in [0, 0.1) is 0 Å². The maximum absolute atomic E-state index is 9.98. The zero-order valence-corrected chi connectivity index (χ0v) is 14.9. The number of phenols is 1. The molecule has 1 heterocycles. The Morgan fingerprint density at radius 3 is 2.80 bits per heavy atom. The summed E-state index contributed by atoms with van der Waals surface area (Å²) < 4.78 is 6.60. The number of hydrogen-bond donors (Lipinski definition) is 1. The van der Waals surface area contributed by atoms with Crippen LogP contribution in [0.5, 0.6) is 5.75 Å². The van der Waals surface area contributed by atoms with E-state index >= 15 is 0 Å². The Morgan fingerprint density at radius 2 is 2.00 bits per heavy atom. The summed E-state index contributed by atoms with van der Waals surface area (Å²) in [6.45, 7) is 4.36. The summed E-state index contributed by atoms with van der Waals surface area (Å²) in [5.74, 6) is 0.343. The third-order valence-corrected chi connectivity index (χ3v) is 5.56. The lowest BCUT2D eigenvalue weighted by Gasteiger charge is -2.47. The van der Waals surface area contributed by atoms with Gasteiger partial charge in [0.15, 0.2) is 0 Å². The highest BCUT2D eigenvalue weighted by atomic mass is 16.5. The molecule has 2 aromatic carbocycles. The molecule has 1 aliphatic heterocycles. The van der Waals surface area contributed by atoms with Gasteiger partial charge in [0.25, 0.3) is 0 Å². The number of benzene rings is 2. The highest BCUT2D eigenvalue weighted by molar-refractivity contribution is 5.39. The minimum atomic E-state index is 0.0739. The Morgan fingerprint density at radius 1 is 1.16 bits per heavy atom. The number of phenolic OH excluding ortho intramolecular Hbond substituents is 1. The molecule has 1 aliphatic carbocycles. The number of ether oxygens (including phenoxy) is 1. The predicted molar refractivity (Wildman–Crippen MR) is 99.8 cm³/mol. The number of morpholine rings is 1. The van der Waals surface area contributed by atoms with Crippen molar-refractivity contribution in [2.75, 3.05) is 13.1 Å². The van der Waals surface area contributed by atoms with Crippen LogP contribution in [0.2, 0.25) is 0 Å². The zero-order chi connectivity index (χ0) is 17.2. The van der Waals surface area contributed by atoms with Crippen LogP contribution in [0.3, 0.4) is 0 Å². The van der Waals surface area contributed by atoms with Gasteiger partial charge in [0.05, 0.1) is 12.2 Å². The first kappa shape index (κ1) is 16.6. The monoisotopic (exact) mass is 337 g/mol. The van der Waals surface area contributed by atoms with Gasteiger partial charge in [-0.25, -0.2) is 0 Å². The second kappa shape index (κ2) is 7.19. The highest BCUT2D eigenvalue weighted by Crippen LogP contribution is 2.41. The fourth-order valence-corrected chi connectivity index (χ4v) is 4.46. The number of fused-ring (bicyclic) bond motifs is 3. The molecule has 4 rings (SSSR count). The minimum absolute atomic E-state index is 0.0739. The van der Waals surface area contributed by atoms with E-state index in [4.69, 9.17) is 4.74 Å². The lowest BCUT2D eigenvalue weighted by atomic mass is 9.83. The lowest BCUT2D eigenvalue weighted by molar-refractivity contribution is -0.127. The van der Waals surface area contributed by atoms with Gasteiger partial charge in [0, 0.05) is 12.6 Å². The Balaban J connectivity index is 1.61. The van der Waals surface area contributed by atoms with E-state index in [2.05, 4.69) is 48.2 Å². The van der Waals surface area contributed by atoms with Gasteiger partial charge in [-0.15, -0.1) is 0 Å². The van der Waals surface area contributed by atoms with Gasteiger partial charge in [-0.05, 0) is 61.1 Å². The van der Waals surface area contributed by atoms with E-state index in [1.165, 1.54) is 16.7 Å². The molecule has 3 atom stereocenters. The summed E-state index contributed by atoms with van der Waals surface area (Å²) in [7, 11) is 0. The van der Waals surface area contributed by atoms with Crippen LogP contribution in [-0.4, -0.2) is 35.2 Å². The topological polar surface area (TPSA) is 32.7 Å². The first-order valence-electron chi connectivity index (χ1n) is 9.50. The summed E-state index contributed by atoms with van der Waals surface area (Å²) in [6.07, 6.45) is 4.59. The quantitative estimate of drug-likeness (QED) is 0.912. The molecule has 2 aromatic rings. The van der Waals surface area contributed by atoms with E-state index < -0.39 is 0 Å². The number of hydrogen-bond acceptors (Lipinski definition) is 3. The van der Waals surface area contributed by atoms with Gasteiger partial charge in [-0.3, -0.25) is 4.90 Å². The third kappa shape index (κ3) is 3.44. The second-order valence-electron chi connectivity index (χ2n) is 7.35. The predicted octanol–water partition coefficient (Wildman–Crippen LogP) is 4.10. The number of rotatable bonds is 4. The fraction of sp³-hybridized carbons (Fsp3) is 0.455. The van der Waals surface area contributed by atoms with Gasteiger partial charge in [-0.1, -0.05) is 43.3 Å². The van der Waals surface area contributed by atoms with Crippen molar-refractivity contribution in [3.8, 4) is 5.75 Å². The molecule has 3 nitrogen and oxygen atoms in total. The van der Waals surface area contributed by atoms with E-state index in [1.54, 1.807) is 6.07 Å². The summed E-state index contributed by atoms with van der Waals surface area (Å²) in [6, 6.07) is 16.8. The van der Waals surface area contributed by atoms with E-state index in [0.717, 1.165) is 38.8 Å². The van der Waals surface area contributed by atoms with Crippen LogP contribution in [0.15, 0.2) is 48.5 Å². The van der Waals surface area contributed by atoms with Crippen molar-refractivity contribution >= 4 is 0 Å². The van der Waals surface area contributed by atoms with Crippen molar-refractivity contribution in [3.63, 3.8) is 0 Å². The molecule has 1 unspecified atom stereocenters. The zero-order valence-electron chi connectivity index (χ0n) is 14.9. The molecule has 0 radical (unpaired) electrons. The van der Waals surface area contributed by atoms with Crippen LogP contribution in [0.4, 0.5) is 0 Å². The number of nitrogens with zero attached hydrogens (tertiary/aromatic N) is 1. The summed E-state index contributed by atoms with van der Waals surface area (Å²) in [5, 5.41) is 9.98. The third-order valence-electron chi connectivity index (χ3n) is 5.56. The van der Waals surface area contributed by atoms with E-state index in [1.807, 2.05) is 6.07 Å². The van der Waals surface area contributed by atoms with Crippen molar-refractivity contribution in [3.05, 3.63) is 65.2 Å². The maximum Gasteiger partial charge on any atom is 0.115 e. The molecule has 3 heteroatoms. The van der Waals surface area contributed by atoms with Crippen molar-refractivity contribution in [2.45, 2.75) is 50.9 Å². The SMILES string of the molecule is CCCN1CC(Cc2ccccc2)O[C@H]2c3cc(O)ccc3CC[C@@H]21. The van der Waals surface area contributed by atoms with Gasteiger partial charge in [0.1, 0.15) is 5.75 Å². The summed E-state index contributed by atoms with van der Waals surface area (Å²) in [4.78, 5) is 2.62. The molecular formula is C22H27NO2. The fourth-order valence-electron chi connectivity index (χ4n) is 4.46. The van der Waals surface area contributed by atoms with Crippen LogP contribution >= 0.6 is 0 Å². The molecule has 0 amide bonds. The first-order chi connectivity index (χ1) is 12.2. The Bertz CT molecular complexity index is 715. The Hall–Kier alpha value is -1.84.